The summed E-state index contributed by atoms with van der Waals surface area (Å²) in [6, 6.07) is 0. The molecule has 0 saturated carbocycles. The van der Waals surface area contributed by atoms with Gasteiger partial charge in [0.25, 0.3) is 5.09 Å². The van der Waals surface area contributed by atoms with Crippen LogP contribution in [0.15, 0.2) is 0 Å². The third-order valence-electron chi connectivity index (χ3n) is 0. The maximum absolute atomic E-state index is 8.36. The van der Waals surface area contributed by atoms with Gasteiger partial charge in [0.2, 0.25) is 0 Å². The third-order valence-corrected chi connectivity index (χ3v) is 0. The second kappa shape index (κ2) is 8.82. The smallest absolute Gasteiger partial charge is 0.291 e. The summed E-state index contributed by atoms with van der Waals surface area (Å²) in [4.78, 5) is 8.36. The Morgan fingerprint density at radius 2 is 1.67 bits per heavy atom. The Bertz CT molecular complexity index is 30.5. The van der Waals surface area contributed by atoms with Crippen LogP contribution >= 0.6 is 0 Å². The van der Waals surface area contributed by atoms with Crippen molar-refractivity contribution in [1.82, 2.24) is 0 Å². The molecule has 0 fully saturated rings. The maximum Gasteiger partial charge on any atom is 0.291 e. The Labute approximate surface area is 43.9 Å². The van der Waals surface area contributed by atoms with Gasteiger partial charge in [-0.25, -0.2) is 0 Å². The van der Waals surface area contributed by atoms with E-state index in [0.717, 1.165) is 0 Å². The molecule has 0 spiro atoms. The zero-order valence-electron chi connectivity index (χ0n) is 2.59. The minimum atomic E-state index is -1.50. The molecule has 0 aliphatic heterocycles. The van der Waals surface area contributed by atoms with Gasteiger partial charge < -0.3 is 10.7 Å². The Morgan fingerprint density at radius 1 is 1.67 bits per heavy atom. The first-order valence-corrected chi connectivity index (χ1v) is 0.565. The van der Waals surface area contributed by atoms with Gasteiger partial charge in [0.05, 0.1) is 0 Å². The Kier molecular flexibility index (Phi) is 25.5. The van der Waals surface area contributed by atoms with Crippen LogP contribution in [0.2, 0.25) is 0 Å². The topological polar surface area (TPSA) is 94.9 Å². The zero-order valence-corrected chi connectivity index (χ0v) is 3.77. The largest absolute Gasteiger partial charge is 0.412 e. The minimum Gasteiger partial charge on any atom is -0.412 e. The summed E-state index contributed by atoms with van der Waals surface area (Å²) in [5.74, 6) is 0. The molecular formula is H3MnNO4. The fourth-order valence-corrected chi connectivity index (χ4v) is 0. The van der Waals surface area contributed by atoms with E-state index < -0.39 is 5.09 Å². The van der Waals surface area contributed by atoms with Crippen molar-refractivity contribution in [2.24, 2.45) is 0 Å². The summed E-state index contributed by atoms with van der Waals surface area (Å²) in [5.41, 5.74) is 0. The maximum atomic E-state index is 8.36. The van der Waals surface area contributed by atoms with Gasteiger partial charge in [-0.1, -0.05) is 0 Å². The molecule has 0 rings (SSSR count). The normalized spacial score (nSPS) is 4.00. The Morgan fingerprint density at radius 3 is 1.67 bits per heavy atom. The van der Waals surface area contributed by atoms with Gasteiger partial charge in [-0.2, -0.15) is 0 Å². The molecule has 0 heterocycles. The fourth-order valence-electron chi connectivity index (χ4n) is 0. The van der Waals surface area contributed by atoms with Crippen LogP contribution in [0.25, 0.3) is 0 Å². The van der Waals surface area contributed by atoms with E-state index in [1.54, 1.807) is 0 Å². The van der Waals surface area contributed by atoms with Crippen LogP contribution in [0.3, 0.4) is 0 Å². The molecule has 0 aliphatic carbocycles. The van der Waals surface area contributed by atoms with Crippen LogP contribution in [0.1, 0.15) is 0 Å². The quantitative estimate of drug-likeness (QED) is 0.258. The van der Waals surface area contributed by atoms with Crippen molar-refractivity contribution in [3.05, 3.63) is 10.1 Å². The average Bonchev–Trinajstić information content (AvgIpc) is 0.811. The zero-order chi connectivity index (χ0) is 3.58. The molecule has 0 aromatic carbocycles. The summed E-state index contributed by atoms with van der Waals surface area (Å²) in [6.07, 6.45) is 0. The van der Waals surface area contributed by atoms with E-state index in [2.05, 4.69) is 0 Å². The fraction of sp³-hybridized carbons (Fsp3) is 0. The van der Waals surface area contributed by atoms with Crippen LogP contribution in [-0.2, 0) is 17.1 Å². The molecular weight excluding hydrogens is 133 g/mol. The van der Waals surface area contributed by atoms with Crippen molar-refractivity contribution >= 4 is 0 Å². The second-order valence-electron chi connectivity index (χ2n) is 0.238. The van der Waals surface area contributed by atoms with Crippen LogP contribution in [0.4, 0.5) is 0 Å². The van der Waals surface area contributed by atoms with Crippen molar-refractivity contribution in [2.75, 3.05) is 0 Å². The number of hydrogen-bond donors (Lipinski definition) is 1. The minimum absolute atomic E-state index is 0. The third kappa shape index (κ3) is 257. The van der Waals surface area contributed by atoms with Crippen LogP contribution in [0, 0.1) is 10.1 Å². The average molecular weight is 136 g/mol. The van der Waals surface area contributed by atoms with Crippen LogP contribution in [0.5, 0.6) is 0 Å². The molecule has 39 valence electrons. The van der Waals surface area contributed by atoms with Gasteiger partial charge in [-0.05, 0) is 0 Å². The van der Waals surface area contributed by atoms with Gasteiger partial charge in [0.15, 0.2) is 0 Å². The van der Waals surface area contributed by atoms with E-state index in [-0.39, 0.29) is 22.5 Å². The molecule has 5 nitrogen and oxygen atoms in total. The van der Waals surface area contributed by atoms with Crippen molar-refractivity contribution in [3.8, 4) is 0 Å². The van der Waals surface area contributed by atoms with E-state index in [1.807, 2.05) is 0 Å². The molecule has 0 aromatic rings. The summed E-state index contributed by atoms with van der Waals surface area (Å²) >= 11 is 0. The molecule has 1 radical (unpaired) electrons. The van der Waals surface area contributed by atoms with Gasteiger partial charge >= 0.3 is 0 Å². The first kappa shape index (κ1) is 17.3. The molecule has 6 heavy (non-hydrogen) atoms. The van der Waals surface area contributed by atoms with Crippen molar-refractivity contribution in [3.63, 3.8) is 0 Å². The molecule has 0 saturated heterocycles. The first-order valence-electron chi connectivity index (χ1n) is 0.565. The van der Waals surface area contributed by atoms with E-state index in [9.17, 15) is 0 Å². The summed E-state index contributed by atoms with van der Waals surface area (Å²) in [6.45, 7) is 0. The number of hydrogen-bond acceptors (Lipinski definition) is 2. The molecule has 0 bridgehead atoms. The standard InChI is InChI=1S/Mn.HNO3.H2O/c;2-1(3)4;/h;(H,2,3,4);1H2. The molecule has 0 unspecified atom stereocenters. The van der Waals surface area contributed by atoms with Gasteiger partial charge in [0.1, 0.15) is 0 Å². The molecule has 0 aromatic heterocycles. The second-order valence-corrected chi connectivity index (χ2v) is 0.238. The Hall–Kier alpha value is -0.321. The van der Waals surface area contributed by atoms with E-state index >= 15 is 0 Å². The Balaban J connectivity index is -0.0000000450. The van der Waals surface area contributed by atoms with E-state index in [4.69, 9.17) is 15.3 Å². The molecule has 3 N–H and O–H groups in total. The summed E-state index contributed by atoms with van der Waals surface area (Å²) in [5, 5.41) is 13.6. The number of nitrogens with zero attached hydrogens (tertiary/aromatic N) is 1. The predicted molar refractivity (Wildman–Crippen MR) is 12.4 cm³/mol. The molecule has 0 aliphatic rings. The van der Waals surface area contributed by atoms with Gasteiger partial charge in [-0.15, -0.1) is 10.1 Å². The van der Waals surface area contributed by atoms with E-state index in [1.165, 1.54) is 0 Å². The van der Waals surface area contributed by atoms with Crippen LogP contribution in [-0.4, -0.2) is 15.8 Å². The van der Waals surface area contributed by atoms with E-state index in [0.29, 0.717) is 0 Å². The van der Waals surface area contributed by atoms with Crippen LogP contribution < -0.4 is 0 Å². The summed E-state index contributed by atoms with van der Waals surface area (Å²) < 4.78 is 0. The summed E-state index contributed by atoms with van der Waals surface area (Å²) in [7, 11) is 0. The van der Waals surface area contributed by atoms with Crippen molar-refractivity contribution in [1.29, 1.82) is 0 Å². The van der Waals surface area contributed by atoms with Gasteiger partial charge in [0, 0.05) is 17.1 Å². The molecule has 0 amide bonds. The predicted octanol–water partition coefficient (Wildman–Crippen LogP) is -1.17. The van der Waals surface area contributed by atoms with Crippen molar-refractivity contribution < 1.29 is 32.8 Å². The van der Waals surface area contributed by atoms with Crippen molar-refractivity contribution in [2.45, 2.75) is 0 Å². The number of rotatable bonds is 0. The monoisotopic (exact) mass is 136 g/mol. The van der Waals surface area contributed by atoms with Gasteiger partial charge in [-0.3, -0.25) is 0 Å². The molecule has 0 atom stereocenters. The first-order chi connectivity index (χ1) is 1.73. The molecule has 6 heteroatoms. The SMILES string of the molecule is O.O=[N+]([O-])O.[Mn].